The molecule has 7 heteroatoms. The monoisotopic (exact) mass is 398 g/mol. The second-order valence-electron chi connectivity index (χ2n) is 9.43. The summed E-state index contributed by atoms with van der Waals surface area (Å²) in [5.74, 6) is -1.07. The van der Waals surface area contributed by atoms with Crippen LogP contribution in [-0.2, 0) is 16.0 Å². The third-order valence-corrected chi connectivity index (χ3v) is 7.62. The van der Waals surface area contributed by atoms with Crippen LogP contribution in [0.2, 0.25) is 0 Å². The zero-order valence-electron chi connectivity index (χ0n) is 16.9. The smallest absolute Gasteiger partial charge is 0.247 e. The first-order valence-electron chi connectivity index (χ1n) is 10.8. The normalized spacial score (nSPS) is 35.7. The van der Waals surface area contributed by atoms with Crippen LogP contribution in [0, 0.1) is 17.8 Å². The van der Waals surface area contributed by atoms with E-state index in [1.807, 2.05) is 10.4 Å². The van der Waals surface area contributed by atoms with E-state index in [0.29, 0.717) is 25.6 Å². The fourth-order valence-electron chi connectivity index (χ4n) is 6.09. The molecular weight excluding hydrogens is 368 g/mol. The molecule has 156 valence electrons. The summed E-state index contributed by atoms with van der Waals surface area (Å²) in [6.07, 6.45) is 3.63. The quantitative estimate of drug-likeness (QED) is 0.395. The number of amides is 2. The minimum absolute atomic E-state index is 0.0147. The van der Waals surface area contributed by atoms with E-state index in [9.17, 15) is 14.8 Å². The molecule has 1 saturated carbocycles. The third-order valence-electron chi connectivity index (χ3n) is 7.62. The van der Waals surface area contributed by atoms with Crippen LogP contribution in [0.1, 0.15) is 31.7 Å². The van der Waals surface area contributed by atoms with Gasteiger partial charge in [-0.3, -0.25) is 14.8 Å². The maximum atomic E-state index is 13.6. The highest BCUT2D eigenvalue weighted by molar-refractivity contribution is 5.88. The molecule has 2 amide bonds. The van der Waals surface area contributed by atoms with Gasteiger partial charge in [0.25, 0.3) is 0 Å². The van der Waals surface area contributed by atoms with Crippen molar-refractivity contribution in [1.82, 2.24) is 15.7 Å². The van der Waals surface area contributed by atoms with Gasteiger partial charge in [-0.05, 0) is 43.2 Å². The summed E-state index contributed by atoms with van der Waals surface area (Å²) >= 11 is 0. The number of hydrogen-bond acceptors (Lipinski definition) is 5. The van der Waals surface area contributed by atoms with Gasteiger partial charge in [0.1, 0.15) is 0 Å². The van der Waals surface area contributed by atoms with Crippen molar-refractivity contribution in [2.45, 2.75) is 44.2 Å². The van der Waals surface area contributed by atoms with Gasteiger partial charge in [0.2, 0.25) is 11.8 Å². The molecular formula is C22H30N4O3. The standard InChI is InChI=1S/C22H30N4O3/c1-14-10-22(13-23-22)11-17(20(27)24-29)19(14)21(28)25-8-9-26-16(12-25)7-6-15-4-2-3-5-18(15)26/h2-5,14,16-17,19,23,29H,6-13H2,1H3,(H,24,27). The second kappa shape index (κ2) is 6.99. The molecule has 5 atom stereocenters. The molecule has 5 rings (SSSR count). The molecule has 1 aromatic rings. The van der Waals surface area contributed by atoms with Crippen molar-refractivity contribution in [3.63, 3.8) is 0 Å². The number of para-hydroxylation sites is 1. The van der Waals surface area contributed by atoms with Crippen LogP contribution < -0.4 is 15.7 Å². The van der Waals surface area contributed by atoms with E-state index in [4.69, 9.17) is 0 Å². The highest BCUT2D eigenvalue weighted by Crippen LogP contribution is 2.46. The molecule has 3 heterocycles. The second-order valence-corrected chi connectivity index (χ2v) is 9.43. The van der Waals surface area contributed by atoms with Crippen LogP contribution in [-0.4, -0.2) is 59.7 Å². The minimum Gasteiger partial charge on any atom is -0.365 e. The summed E-state index contributed by atoms with van der Waals surface area (Å²) < 4.78 is 0. The number of piperazine rings is 1. The summed E-state index contributed by atoms with van der Waals surface area (Å²) in [5, 5.41) is 12.7. The van der Waals surface area contributed by atoms with Crippen LogP contribution in [0.15, 0.2) is 24.3 Å². The van der Waals surface area contributed by atoms with Gasteiger partial charge in [0, 0.05) is 43.4 Å². The van der Waals surface area contributed by atoms with Crippen molar-refractivity contribution in [2.24, 2.45) is 17.8 Å². The van der Waals surface area contributed by atoms with Gasteiger partial charge >= 0.3 is 0 Å². The highest BCUT2D eigenvalue weighted by Gasteiger charge is 2.55. The Balaban J connectivity index is 1.33. The number of benzene rings is 1. The molecule has 1 spiro atoms. The lowest BCUT2D eigenvalue weighted by molar-refractivity contribution is -0.150. The summed E-state index contributed by atoms with van der Waals surface area (Å²) in [5.41, 5.74) is 4.51. The summed E-state index contributed by atoms with van der Waals surface area (Å²) in [6.45, 7) is 5.20. The molecule has 5 unspecified atom stereocenters. The van der Waals surface area contributed by atoms with E-state index in [1.165, 1.54) is 11.3 Å². The van der Waals surface area contributed by atoms with Crippen LogP contribution in [0.25, 0.3) is 0 Å². The number of carbonyl (C=O) groups excluding carboxylic acids is 2. The number of hydrogen-bond donors (Lipinski definition) is 3. The van der Waals surface area contributed by atoms with Crippen molar-refractivity contribution in [1.29, 1.82) is 0 Å². The van der Waals surface area contributed by atoms with Crippen molar-refractivity contribution in [2.75, 3.05) is 31.1 Å². The molecule has 0 radical (unpaired) electrons. The molecule has 1 aliphatic carbocycles. The van der Waals surface area contributed by atoms with Gasteiger partial charge in [0.15, 0.2) is 0 Å². The first kappa shape index (κ1) is 18.9. The number of nitrogens with zero attached hydrogens (tertiary/aromatic N) is 2. The number of fused-ring (bicyclic) bond motifs is 3. The number of anilines is 1. The number of aryl methyl sites for hydroxylation is 1. The van der Waals surface area contributed by atoms with Gasteiger partial charge in [0.05, 0.1) is 11.8 Å². The van der Waals surface area contributed by atoms with E-state index >= 15 is 0 Å². The maximum absolute atomic E-state index is 13.6. The van der Waals surface area contributed by atoms with Gasteiger partial charge < -0.3 is 15.1 Å². The molecule has 4 aliphatic rings. The molecule has 0 aromatic heterocycles. The van der Waals surface area contributed by atoms with Crippen molar-refractivity contribution in [3.8, 4) is 0 Å². The predicted molar refractivity (Wildman–Crippen MR) is 109 cm³/mol. The first-order valence-corrected chi connectivity index (χ1v) is 10.8. The summed E-state index contributed by atoms with van der Waals surface area (Å²) in [7, 11) is 0. The Kier molecular flexibility index (Phi) is 4.55. The molecule has 7 nitrogen and oxygen atoms in total. The van der Waals surface area contributed by atoms with Crippen molar-refractivity contribution >= 4 is 17.5 Å². The van der Waals surface area contributed by atoms with E-state index in [-0.39, 0.29) is 23.3 Å². The number of nitrogens with one attached hydrogen (secondary N) is 2. The molecule has 1 aromatic carbocycles. The molecule has 3 aliphatic heterocycles. The Hall–Kier alpha value is -2.12. The largest absolute Gasteiger partial charge is 0.365 e. The zero-order valence-corrected chi connectivity index (χ0v) is 16.9. The molecule has 3 N–H and O–H groups in total. The average molecular weight is 399 g/mol. The van der Waals surface area contributed by atoms with Crippen molar-refractivity contribution < 1.29 is 14.8 Å². The third kappa shape index (κ3) is 3.20. The van der Waals surface area contributed by atoms with E-state index < -0.39 is 11.8 Å². The van der Waals surface area contributed by atoms with E-state index in [0.717, 1.165) is 32.4 Å². The van der Waals surface area contributed by atoms with Crippen LogP contribution in [0.4, 0.5) is 5.69 Å². The lowest BCUT2D eigenvalue weighted by atomic mass is 9.67. The SMILES string of the molecule is CC1CC2(CN2)CC(C(=O)NO)C1C(=O)N1CCN2c3ccccc3CCC2C1. The van der Waals surface area contributed by atoms with Crippen molar-refractivity contribution in [3.05, 3.63) is 29.8 Å². The molecule has 29 heavy (non-hydrogen) atoms. The Morgan fingerprint density at radius 2 is 2.03 bits per heavy atom. The fraction of sp³-hybridized carbons (Fsp3) is 0.636. The van der Waals surface area contributed by atoms with Gasteiger partial charge in [-0.15, -0.1) is 0 Å². The Labute approximate surface area is 171 Å². The van der Waals surface area contributed by atoms with Crippen LogP contribution in [0.5, 0.6) is 0 Å². The first-order chi connectivity index (χ1) is 14.0. The summed E-state index contributed by atoms with van der Waals surface area (Å²) in [4.78, 5) is 30.4. The van der Waals surface area contributed by atoms with Gasteiger partial charge in [-0.1, -0.05) is 25.1 Å². The predicted octanol–water partition coefficient (Wildman–Crippen LogP) is 1.16. The van der Waals surface area contributed by atoms with Crippen LogP contribution >= 0.6 is 0 Å². The van der Waals surface area contributed by atoms with E-state index in [1.54, 1.807) is 0 Å². The fourth-order valence-corrected chi connectivity index (χ4v) is 6.09. The number of hydroxylamine groups is 1. The molecule has 3 fully saturated rings. The Morgan fingerprint density at radius 3 is 2.79 bits per heavy atom. The Bertz CT molecular complexity index is 824. The zero-order chi connectivity index (χ0) is 20.2. The Morgan fingerprint density at radius 1 is 1.24 bits per heavy atom. The molecule has 2 saturated heterocycles. The van der Waals surface area contributed by atoms with Gasteiger partial charge in [-0.25, -0.2) is 5.48 Å². The van der Waals surface area contributed by atoms with E-state index in [2.05, 4.69) is 41.4 Å². The lowest BCUT2D eigenvalue weighted by Gasteiger charge is -2.48. The van der Waals surface area contributed by atoms with Gasteiger partial charge in [-0.2, -0.15) is 0 Å². The molecule has 0 bridgehead atoms. The lowest BCUT2D eigenvalue weighted by Crippen LogP contribution is -2.59. The minimum atomic E-state index is -0.476. The summed E-state index contributed by atoms with van der Waals surface area (Å²) in [6, 6.07) is 8.90. The van der Waals surface area contributed by atoms with Crippen LogP contribution in [0.3, 0.4) is 0 Å². The highest BCUT2D eigenvalue weighted by atomic mass is 16.5. The maximum Gasteiger partial charge on any atom is 0.247 e. The number of carbonyl (C=O) groups is 2. The topological polar surface area (TPSA) is 94.8 Å². The average Bonchev–Trinajstić information content (AvgIpc) is 3.49. The number of rotatable bonds is 2.